The minimum Gasteiger partial charge on any atom is -0.312 e. The third-order valence-corrected chi connectivity index (χ3v) is 5.36. The molecule has 0 amide bonds. The fourth-order valence-electron chi connectivity index (χ4n) is 2.21. The molecule has 0 saturated carbocycles. The topological polar surface area (TPSA) is 46.2 Å². The first kappa shape index (κ1) is 15.7. The lowest BCUT2D eigenvalue weighted by Crippen LogP contribution is -2.25. The fourth-order valence-corrected chi connectivity index (χ4v) is 3.75. The number of aryl methyl sites for hydroxylation is 2. The molecule has 2 rings (SSSR count). The molecule has 1 unspecified atom stereocenters. The van der Waals surface area contributed by atoms with Gasteiger partial charge in [-0.05, 0) is 38.6 Å². The zero-order valence-electron chi connectivity index (χ0n) is 12.6. The van der Waals surface area contributed by atoms with Crippen LogP contribution in [0.4, 0.5) is 0 Å². The van der Waals surface area contributed by atoms with Crippen molar-refractivity contribution >= 4 is 9.84 Å². The molecule has 0 radical (unpaired) electrons. The predicted molar refractivity (Wildman–Crippen MR) is 86.2 cm³/mol. The third-order valence-electron chi connectivity index (χ3n) is 3.59. The summed E-state index contributed by atoms with van der Waals surface area (Å²) in [6.45, 7) is 3.96. The Kier molecular flexibility index (Phi) is 4.80. The van der Waals surface area contributed by atoms with E-state index < -0.39 is 9.84 Å². The second kappa shape index (κ2) is 6.41. The van der Waals surface area contributed by atoms with Crippen molar-refractivity contribution in [2.24, 2.45) is 0 Å². The summed E-state index contributed by atoms with van der Waals surface area (Å²) in [7, 11) is -1.52. The first-order valence-corrected chi connectivity index (χ1v) is 8.61. The minimum atomic E-state index is -3.31. The van der Waals surface area contributed by atoms with Gasteiger partial charge in [-0.25, -0.2) is 8.42 Å². The molecule has 4 heteroatoms. The van der Waals surface area contributed by atoms with E-state index in [1.807, 2.05) is 50.2 Å². The number of rotatable bonds is 5. The maximum atomic E-state index is 12.5. The number of hydrogen-bond acceptors (Lipinski definition) is 3. The Bertz CT molecular complexity index is 689. The van der Waals surface area contributed by atoms with E-state index in [9.17, 15) is 8.42 Å². The SMILES string of the molecule is CNC(CS(=O)(=O)c1ccc(C)cc1)c1ccc(C)cc1. The van der Waals surface area contributed by atoms with Crippen molar-refractivity contribution < 1.29 is 8.42 Å². The molecule has 0 bridgehead atoms. The molecule has 112 valence electrons. The molecule has 2 aromatic rings. The van der Waals surface area contributed by atoms with Crippen LogP contribution in [0.1, 0.15) is 22.7 Å². The van der Waals surface area contributed by atoms with E-state index in [4.69, 9.17) is 0 Å². The Morgan fingerprint density at radius 2 is 1.38 bits per heavy atom. The first-order chi connectivity index (χ1) is 9.92. The van der Waals surface area contributed by atoms with Gasteiger partial charge >= 0.3 is 0 Å². The van der Waals surface area contributed by atoms with Crippen molar-refractivity contribution in [1.82, 2.24) is 5.32 Å². The normalized spacial score (nSPS) is 13.1. The maximum absolute atomic E-state index is 12.5. The van der Waals surface area contributed by atoms with E-state index in [1.54, 1.807) is 19.2 Å². The summed E-state index contributed by atoms with van der Waals surface area (Å²) < 4.78 is 25.0. The molecule has 1 atom stereocenters. The van der Waals surface area contributed by atoms with Crippen LogP contribution in [0, 0.1) is 13.8 Å². The summed E-state index contributed by atoms with van der Waals surface area (Å²) in [5.41, 5.74) is 3.20. The van der Waals surface area contributed by atoms with E-state index in [0.29, 0.717) is 4.90 Å². The van der Waals surface area contributed by atoms with Gasteiger partial charge in [-0.1, -0.05) is 47.5 Å². The van der Waals surface area contributed by atoms with Gasteiger partial charge < -0.3 is 5.32 Å². The minimum absolute atomic E-state index is 0.0512. The molecule has 3 nitrogen and oxygen atoms in total. The Hall–Kier alpha value is -1.65. The number of benzene rings is 2. The van der Waals surface area contributed by atoms with Gasteiger partial charge in [0.2, 0.25) is 0 Å². The summed E-state index contributed by atoms with van der Waals surface area (Å²) in [5, 5.41) is 3.10. The Morgan fingerprint density at radius 1 is 0.905 bits per heavy atom. The van der Waals surface area contributed by atoms with Crippen molar-refractivity contribution in [3.63, 3.8) is 0 Å². The van der Waals surface area contributed by atoms with Crippen LogP contribution >= 0.6 is 0 Å². The third kappa shape index (κ3) is 3.93. The molecule has 0 aliphatic rings. The van der Waals surface area contributed by atoms with E-state index in [-0.39, 0.29) is 11.8 Å². The van der Waals surface area contributed by atoms with Crippen LogP contribution in [0.15, 0.2) is 53.4 Å². The monoisotopic (exact) mass is 303 g/mol. The van der Waals surface area contributed by atoms with E-state index in [0.717, 1.165) is 16.7 Å². The van der Waals surface area contributed by atoms with Gasteiger partial charge in [-0.2, -0.15) is 0 Å². The first-order valence-electron chi connectivity index (χ1n) is 6.95. The molecule has 0 aliphatic heterocycles. The van der Waals surface area contributed by atoms with Gasteiger partial charge in [0.05, 0.1) is 10.6 Å². The molecule has 0 fully saturated rings. The van der Waals surface area contributed by atoms with Crippen LogP contribution in [-0.2, 0) is 9.84 Å². The Morgan fingerprint density at radius 3 is 1.86 bits per heavy atom. The smallest absolute Gasteiger partial charge is 0.180 e. The van der Waals surface area contributed by atoms with Crippen LogP contribution in [-0.4, -0.2) is 21.2 Å². The number of nitrogens with one attached hydrogen (secondary N) is 1. The molecule has 1 N–H and O–H groups in total. The summed E-state index contributed by atoms with van der Waals surface area (Å²) in [4.78, 5) is 0.375. The zero-order chi connectivity index (χ0) is 15.5. The van der Waals surface area contributed by atoms with Crippen molar-refractivity contribution in [2.45, 2.75) is 24.8 Å². The van der Waals surface area contributed by atoms with Crippen molar-refractivity contribution in [3.05, 3.63) is 65.2 Å². The largest absolute Gasteiger partial charge is 0.312 e. The van der Waals surface area contributed by atoms with Crippen LogP contribution in [0.25, 0.3) is 0 Å². The highest BCUT2D eigenvalue weighted by atomic mass is 32.2. The van der Waals surface area contributed by atoms with E-state index in [1.165, 1.54) is 0 Å². The van der Waals surface area contributed by atoms with Crippen LogP contribution in [0.5, 0.6) is 0 Å². The molecular formula is C17H21NO2S. The molecule has 0 aliphatic carbocycles. The van der Waals surface area contributed by atoms with Crippen LogP contribution < -0.4 is 5.32 Å². The molecule has 0 aromatic heterocycles. The summed E-state index contributed by atoms with van der Waals surface area (Å²) in [6, 6.07) is 14.7. The second-order valence-corrected chi connectivity index (χ2v) is 7.38. The van der Waals surface area contributed by atoms with Crippen molar-refractivity contribution in [3.8, 4) is 0 Å². The fraction of sp³-hybridized carbons (Fsp3) is 0.294. The highest BCUT2D eigenvalue weighted by molar-refractivity contribution is 7.91. The number of sulfone groups is 1. The highest BCUT2D eigenvalue weighted by Crippen LogP contribution is 2.20. The van der Waals surface area contributed by atoms with Gasteiger partial charge in [0, 0.05) is 6.04 Å². The molecule has 0 heterocycles. The average Bonchev–Trinajstić information content (AvgIpc) is 2.46. The van der Waals surface area contributed by atoms with Gasteiger partial charge in [0.1, 0.15) is 0 Å². The quantitative estimate of drug-likeness (QED) is 0.923. The lowest BCUT2D eigenvalue weighted by Gasteiger charge is -2.17. The Balaban J connectivity index is 2.24. The van der Waals surface area contributed by atoms with Crippen LogP contribution in [0.2, 0.25) is 0 Å². The van der Waals surface area contributed by atoms with Gasteiger partial charge in [-0.15, -0.1) is 0 Å². The summed E-state index contributed by atoms with van der Waals surface area (Å²) >= 11 is 0. The summed E-state index contributed by atoms with van der Waals surface area (Å²) in [5.74, 6) is 0.0512. The number of hydrogen-bond donors (Lipinski definition) is 1. The Labute approximate surface area is 126 Å². The van der Waals surface area contributed by atoms with E-state index >= 15 is 0 Å². The predicted octanol–water partition coefficient (Wildman–Crippen LogP) is 3.04. The zero-order valence-corrected chi connectivity index (χ0v) is 13.4. The molecular weight excluding hydrogens is 282 g/mol. The van der Waals surface area contributed by atoms with Gasteiger partial charge in [-0.3, -0.25) is 0 Å². The maximum Gasteiger partial charge on any atom is 0.180 e. The average molecular weight is 303 g/mol. The molecule has 21 heavy (non-hydrogen) atoms. The molecule has 0 spiro atoms. The van der Waals surface area contributed by atoms with E-state index in [2.05, 4.69) is 5.32 Å². The lowest BCUT2D eigenvalue weighted by molar-refractivity contribution is 0.574. The van der Waals surface area contributed by atoms with Gasteiger partial charge in [0.25, 0.3) is 0 Å². The van der Waals surface area contributed by atoms with Gasteiger partial charge in [0.15, 0.2) is 9.84 Å². The van der Waals surface area contributed by atoms with Crippen molar-refractivity contribution in [1.29, 1.82) is 0 Å². The van der Waals surface area contributed by atoms with Crippen molar-refractivity contribution in [2.75, 3.05) is 12.8 Å². The molecule has 0 saturated heterocycles. The summed E-state index contributed by atoms with van der Waals surface area (Å²) in [6.07, 6.45) is 0. The van der Waals surface area contributed by atoms with Crippen LogP contribution in [0.3, 0.4) is 0 Å². The standard InChI is InChI=1S/C17H21NO2S/c1-13-4-8-15(9-5-13)17(18-3)12-21(19,20)16-10-6-14(2)7-11-16/h4-11,17-18H,12H2,1-3H3. The highest BCUT2D eigenvalue weighted by Gasteiger charge is 2.21. The molecule has 2 aromatic carbocycles. The second-order valence-electron chi connectivity index (χ2n) is 5.35. The lowest BCUT2D eigenvalue weighted by atomic mass is 10.1.